The lowest BCUT2D eigenvalue weighted by Gasteiger charge is -2.10. The number of hydrogen-bond acceptors (Lipinski definition) is 6. The summed E-state index contributed by atoms with van der Waals surface area (Å²) < 4.78 is 11.1. The topological polar surface area (TPSA) is 103 Å². The van der Waals surface area contributed by atoms with E-state index in [0.29, 0.717) is 21.5 Å². The number of nitro benzene ring substituents is 1. The maximum absolute atomic E-state index is 12.2. The van der Waals surface area contributed by atoms with Gasteiger partial charge in [0.1, 0.15) is 0 Å². The van der Waals surface area contributed by atoms with Crippen molar-refractivity contribution in [3.8, 4) is 11.5 Å². The third-order valence-corrected chi connectivity index (χ3v) is 4.17. The van der Waals surface area contributed by atoms with Crippen LogP contribution < -0.4 is 14.9 Å². The molecule has 0 bridgehead atoms. The van der Waals surface area contributed by atoms with Gasteiger partial charge in [-0.25, -0.2) is 5.43 Å². The number of carbonyl (C=O) groups is 1. The largest absolute Gasteiger partial charge is 0.493 e. The number of carbonyl (C=O) groups excluding carboxylic acids is 1. The molecule has 26 heavy (non-hydrogen) atoms. The molecule has 0 aliphatic heterocycles. The van der Waals surface area contributed by atoms with Crippen molar-refractivity contribution in [2.75, 3.05) is 14.2 Å². The summed E-state index contributed by atoms with van der Waals surface area (Å²) in [6, 6.07) is 7.74. The van der Waals surface area contributed by atoms with Gasteiger partial charge in [-0.2, -0.15) is 5.10 Å². The maximum Gasteiger partial charge on any atom is 0.273 e. The van der Waals surface area contributed by atoms with Crippen LogP contribution in [0.2, 0.25) is 0 Å². The fraction of sp³-hybridized carbons (Fsp3) is 0.176. The van der Waals surface area contributed by atoms with Gasteiger partial charge in [-0.15, -0.1) is 0 Å². The number of hydrazone groups is 1. The molecule has 0 atom stereocenters. The molecule has 0 aromatic heterocycles. The molecule has 0 fully saturated rings. The molecular formula is C17H16BrN3O5. The van der Waals surface area contributed by atoms with Gasteiger partial charge in [0, 0.05) is 11.6 Å². The summed E-state index contributed by atoms with van der Waals surface area (Å²) in [6.45, 7) is 1.52. The maximum atomic E-state index is 12.2. The number of nitrogens with one attached hydrogen (secondary N) is 1. The Hall–Kier alpha value is -2.94. The number of benzene rings is 2. The van der Waals surface area contributed by atoms with E-state index in [1.54, 1.807) is 12.1 Å². The lowest BCUT2D eigenvalue weighted by Crippen LogP contribution is -2.19. The second kappa shape index (κ2) is 8.43. The first-order valence-electron chi connectivity index (χ1n) is 7.38. The predicted molar refractivity (Wildman–Crippen MR) is 100 cm³/mol. The van der Waals surface area contributed by atoms with Gasteiger partial charge in [0.25, 0.3) is 11.6 Å². The number of rotatable bonds is 6. The van der Waals surface area contributed by atoms with Crippen molar-refractivity contribution in [2.24, 2.45) is 5.10 Å². The highest BCUT2D eigenvalue weighted by Gasteiger charge is 2.17. The standard InChI is InChI=1S/C17H16BrN3O5/c1-10-12(5-4-6-14(10)21(23)24)17(22)20-19-9-11-7-13(18)16(26-3)15(8-11)25-2/h4-9H,1-3H3,(H,20,22)/b19-9-. The molecule has 1 amide bonds. The Balaban J connectivity index is 2.19. The summed E-state index contributed by atoms with van der Waals surface area (Å²) >= 11 is 3.37. The van der Waals surface area contributed by atoms with Crippen LogP contribution in [0.25, 0.3) is 0 Å². The first-order valence-corrected chi connectivity index (χ1v) is 8.17. The highest BCUT2D eigenvalue weighted by molar-refractivity contribution is 9.10. The molecule has 9 heteroatoms. The number of nitrogens with zero attached hydrogens (tertiary/aromatic N) is 2. The number of ether oxygens (including phenoxy) is 2. The molecule has 0 aliphatic carbocycles. The molecule has 8 nitrogen and oxygen atoms in total. The van der Waals surface area contributed by atoms with Crippen molar-refractivity contribution >= 4 is 33.7 Å². The molecule has 0 spiro atoms. The average Bonchev–Trinajstić information content (AvgIpc) is 2.60. The molecular weight excluding hydrogens is 406 g/mol. The van der Waals surface area contributed by atoms with Gasteiger partial charge in [0.15, 0.2) is 11.5 Å². The summed E-state index contributed by atoms with van der Waals surface area (Å²) in [7, 11) is 3.04. The van der Waals surface area contributed by atoms with Gasteiger partial charge in [-0.3, -0.25) is 14.9 Å². The Morgan fingerprint density at radius 2 is 2.04 bits per heavy atom. The summed E-state index contributed by atoms with van der Waals surface area (Å²) in [4.78, 5) is 22.6. The van der Waals surface area contributed by atoms with Crippen LogP contribution in [-0.2, 0) is 0 Å². The van der Waals surface area contributed by atoms with Crippen LogP contribution in [0.3, 0.4) is 0 Å². The Bertz CT molecular complexity index is 883. The lowest BCUT2D eigenvalue weighted by atomic mass is 10.1. The van der Waals surface area contributed by atoms with E-state index >= 15 is 0 Å². The van der Waals surface area contributed by atoms with Crippen molar-refractivity contribution in [2.45, 2.75) is 6.92 Å². The minimum Gasteiger partial charge on any atom is -0.493 e. The minimum atomic E-state index is -0.540. The number of hydrogen-bond donors (Lipinski definition) is 1. The van der Waals surface area contributed by atoms with E-state index in [-0.39, 0.29) is 16.8 Å². The minimum absolute atomic E-state index is 0.120. The summed E-state index contributed by atoms with van der Waals surface area (Å²) in [5.74, 6) is 0.507. The number of methoxy groups -OCH3 is 2. The molecule has 0 saturated heterocycles. The third kappa shape index (κ3) is 4.17. The van der Waals surface area contributed by atoms with Crippen LogP contribution >= 0.6 is 15.9 Å². The van der Waals surface area contributed by atoms with Crippen LogP contribution in [-0.4, -0.2) is 31.3 Å². The zero-order valence-electron chi connectivity index (χ0n) is 14.3. The molecule has 0 unspecified atom stereocenters. The molecule has 136 valence electrons. The van der Waals surface area contributed by atoms with E-state index < -0.39 is 10.8 Å². The Kier molecular flexibility index (Phi) is 6.29. The Morgan fingerprint density at radius 3 is 2.65 bits per heavy atom. The van der Waals surface area contributed by atoms with Gasteiger partial charge >= 0.3 is 0 Å². The first-order chi connectivity index (χ1) is 12.4. The molecule has 0 saturated carbocycles. The van der Waals surface area contributed by atoms with Crippen molar-refractivity contribution in [1.82, 2.24) is 5.43 Å². The van der Waals surface area contributed by atoms with Crippen LogP contribution in [0.5, 0.6) is 11.5 Å². The van der Waals surface area contributed by atoms with Crippen LogP contribution in [0.15, 0.2) is 39.9 Å². The zero-order chi connectivity index (χ0) is 19.3. The van der Waals surface area contributed by atoms with E-state index in [9.17, 15) is 14.9 Å². The van der Waals surface area contributed by atoms with Crippen molar-refractivity contribution < 1.29 is 19.2 Å². The SMILES string of the molecule is COc1cc(/C=N\NC(=O)c2cccc([N+](=O)[O-])c2C)cc(Br)c1OC. The predicted octanol–water partition coefficient (Wildman–Crippen LogP) is 3.45. The molecule has 2 rings (SSSR count). The normalized spacial score (nSPS) is 10.6. The van der Waals surface area contributed by atoms with E-state index in [0.717, 1.165) is 0 Å². The molecule has 0 aliphatic rings. The van der Waals surface area contributed by atoms with E-state index in [2.05, 4.69) is 26.5 Å². The van der Waals surface area contributed by atoms with Gasteiger partial charge in [0.05, 0.1) is 35.4 Å². The molecule has 0 heterocycles. The lowest BCUT2D eigenvalue weighted by molar-refractivity contribution is -0.385. The van der Waals surface area contributed by atoms with E-state index in [1.165, 1.54) is 45.6 Å². The summed E-state index contributed by atoms with van der Waals surface area (Å²) in [5.41, 5.74) is 3.36. The van der Waals surface area contributed by atoms with Crippen molar-refractivity contribution in [1.29, 1.82) is 0 Å². The second-order valence-electron chi connectivity index (χ2n) is 5.14. The van der Waals surface area contributed by atoms with Crippen LogP contribution in [0.1, 0.15) is 21.5 Å². The smallest absolute Gasteiger partial charge is 0.273 e. The monoisotopic (exact) mass is 421 g/mol. The van der Waals surface area contributed by atoms with E-state index in [1.807, 2.05) is 0 Å². The molecule has 0 radical (unpaired) electrons. The zero-order valence-corrected chi connectivity index (χ0v) is 15.9. The Morgan fingerprint density at radius 1 is 1.31 bits per heavy atom. The Labute approximate surface area is 158 Å². The fourth-order valence-electron chi connectivity index (χ4n) is 2.31. The summed E-state index contributed by atoms with van der Waals surface area (Å²) in [5, 5.41) is 14.9. The van der Waals surface area contributed by atoms with Crippen LogP contribution in [0, 0.1) is 17.0 Å². The first kappa shape index (κ1) is 19.4. The van der Waals surface area contributed by atoms with E-state index in [4.69, 9.17) is 9.47 Å². The fourth-order valence-corrected chi connectivity index (χ4v) is 2.93. The number of nitro groups is 1. The summed E-state index contributed by atoms with van der Waals surface area (Å²) in [6.07, 6.45) is 1.43. The van der Waals surface area contributed by atoms with Gasteiger partial charge in [-0.05, 0) is 46.6 Å². The van der Waals surface area contributed by atoms with Gasteiger partial charge in [-0.1, -0.05) is 6.07 Å². The second-order valence-corrected chi connectivity index (χ2v) is 6.00. The highest BCUT2D eigenvalue weighted by Crippen LogP contribution is 2.35. The number of amides is 1. The third-order valence-electron chi connectivity index (χ3n) is 3.58. The number of halogens is 1. The van der Waals surface area contributed by atoms with Gasteiger partial charge in [0.2, 0.25) is 0 Å². The van der Waals surface area contributed by atoms with Crippen LogP contribution in [0.4, 0.5) is 5.69 Å². The van der Waals surface area contributed by atoms with Crippen molar-refractivity contribution in [3.63, 3.8) is 0 Å². The quantitative estimate of drug-likeness (QED) is 0.437. The highest BCUT2D eigenvalue weighted by atomic mass is 79.9. The molecule has 2 aromatic rings. The van der Waals surface area contributed by atoms with Crippen molar-refractivity contribution in [3.05, 3.63) is 61.6 Å². The van der Waals surface area contributed by atoms with Gasteiger partial charge < -0.3 is 9.47 Å². The average molecular weight is 422 g/mol. The molecule has 1 N–H and O–H groups in total. The molecule has 2 aromatic carbocycles.